The van der Waals surface area contributed by atoms with Crippen molar-refractivity contribution in [3.63, 3.8) is 0 Å². The molecule has 27 heavy (non-hydrogen) atoms. The smallest absolute Gasteiger partial charge is 0.326 e. The maximum atomic E-state index is 11.9. The molecule has 0 saturated carbocycles. The standard InChI is InChI=1S/C18H19N7O2/c1-2-25-9-21-14-15(23-18(19)24-16(14)25)22-13(17(26)27)7-10-8-20-12-6-4-3-5-11(10)12/h3-6,8-9,13,20H,2,7H2,1H3,(H,26,27)(H3,19,22,23,24). The quantitative estimate of drug-likeness (QED) is 0.410. The van der Waals surface area contributed by atoms with E-state index >= 15 is 0 Å². The van der Waals surface area contributed by atoms with E-state index in [4.69, 9.17) is 5.73 Å². The van der Waals surface area contributed by atoms with Crippen LogP contribution in [0.1, 0.15) is 12.5 Å². The molecule has 1 unspecified atom stereocenters. The Morgan fingerprint density at radius 1 is 1.37 bits per heavy atom. The molecule has 0 saturated heterocycles. The summed E-state index contributed by atoms with van der Waals surface area (Å²) in [6.07, 6.45) is 3.75. The number of para-hydroxylation sites is 1. The summed E-state index contributed by atoms with van der Waals surface area (Å²) in [6.45, 7) is 2.63. The van der Waals surface area contributed by atoms with Gasteiger partial charge in [-0.3, -0.25) is 0 Å². The van der Waals surface area contributed by atoms with Crippen LogP contribution in [0, 0.1) is 0 Å². The number of aromatic amines is 1. The van der Waals surface area contributed by atoms with Crippen LogP contribution in [-0.4, -0.2) is 41.6 Å². The number of nitrogens with one attached hydrogen (secondary N) is 2. The molecular weight excluding hydrogens is 346 g/mol. The van der Waals surface area contributed by atoms with Crippen molar-refractivity contribution in [3.05, 3.63) is 42.4 Å². The Morgan fingerprint density at radius 3 is 2.96 bits per heavy atom. The van der Waals surface area contributed by atoms with Crippen molar-refractivity contribution in [1.82, 2.24) is 24.5 Å². The number of hydrogen-bond acceptors (Lipinski definition) is 6. The van der Waals surface area contributed by atoms with E-state index in [0.717, 1.165) is 16.5 Å². The van der Waals surface area contributed by atoms with Crippen molar-refractivity contribution in [2.24, 2.45) is 0 Å². The number of anilines is 2. The predicted octanol–water partition coefficient (Wildman–Crippen LogP) is 2.02. The van der Waals surface area contributed by atoms with Crippen molar-refractivity contribution in [2.75, 3.05) is 11.1 Å². The number of nitrogen functional groups attached to an aromatic ring is 1. The lowest BCUT2D eigenvalue weighted by atomic mass is 10.1. The summed E-state index contributed by atoms with van der Waals surface area (Å²) in [5.41, 5.74) is 8.75. The summed E-state index contributed by atoms with van der Waals surface area (Å²) >= 11 is 0. The largest absolute Gasteiger partial charge is 0.480 e. The van der Waals surface area contributed by atoms with Crippen molar-refractivity contribution >= 4 is 39.8 Å². The number of fused-ring (bicyclic) bond motifs is 2. The molecule has 0 amide bonds. The normalized spacial score (nSPS) is 12.5. The molecule has 9 heteroatoms. The third-order valence-corrected chi connectivity index (χ3v) is 4.53. The molecule has 3 aromatic heterocycles. The molecule has 0 spiro atoms. The number of nitrogens with zero attached hydrogens (tertiary/aromatic N) is 4. The summed E-state index contributed by atoms with van der Waals surface area (Å²) in [6, 6.07) is 6.88. The molecule has 4 aromatic rings. The van der Waals surface area contributed by atoms with Crippen molar-refractivity contribution in [1.29, 1.82) is 0 Å². The summed E-state index contributed by atoms with van der Waals surface area (Å²) in [7, 11) is 0. The molecular formula is C18H19N7O2. The number of H-pyrrole nitrogens is 1. The maximum absolute atomic E-state index is 11.9. The molecule has 138 valence electrons. The molecule has 0 aliphatic heterocycles. The number of imidazole rings is 1. The molecule has 1 atom stereocenters. The number of aryl methyl sites for hydroxylation is 1. The summed E-state index contributed by atoms with van der Waals surface area (Å²) in [4.78, 5) is 27.7. The minimum absolute atomic E-state index is 0.0661. The summed E-state index contributed by atoms with van der Waals surface area (Å²) < 4.78 is 1.83. The Bertz CT molecular complexity index is 1130. The van der Waals surface area contributed by atoms with E-state index in [2.05, 4.69) is 25.3 Å². The number of carboxylic acid groups (broad SMARTS) is 1. The fraction of sp³-hybridized carbons (Fsp3) is 0.222. The SMILES string of the molecule is CCn1cnc2c(NC(Cc3c[nH]c4ccccc34)C(=O)O)nc(N)nc21. The van der Waals surface area contributed by atoms with Gasteiger partial charge in [0.1, 0.15) is 6.04 Å². The van der Waals surface area contributed by atoms with Gasteiger partial charge in [0.15, 0.2) is 17.0 Å². The number of carbonyl (C=O) groups is 1. The van der Waals surface area contributed by atoms with Gasteiger partial charge in [0, 0.05) is 30.1 Å². The Balaban J connectivity index is 1.69. The molecule has 0 fully saturated rings. The monoisotopic (exact) mass is 365 g/mol. The maximum Gasteiger partial charge on any atom is 0.326 e. The second-order valence-electron chi connectivity index (χ2n) is 6.23. The second kappa shape index (κ2) is 6.60. The van der Waals surface area contributed by atoms with E-state index in [-0.39, 0.29) is 12.4 Å². The number of aliphatic carboxylic acids is 1. The van der Waals surface area contributed by atoms with Gasteiger partial charge in [0.25, 0.3) is 0 Å². The van der Waals surface area contributed by atoms with Crippen LogP contribution in [0.25, 0.3) is 22.1 Å². The van der Waals surface area contributed by atoms with E-state index in [9.17, 15) is 9.90 Å². The first-order valence-electron chi connectivity index (χ1n) is 8.59. The number of aromatic nitrogens is 5. The first kappa shape index (κ1) is 16.8. The van der Waals surface area contributed by atoms with Gasteiger partial charge in [-0.05, 0) is 18.6 Å². The van der Waals surface area contributed by atoms with Crippen LogP contribution in [0.15, 0.2) is 36.8 Å². The van der Waals surface area contributed by atoms with E-state index < -0.39 is 12.0 Å². The van der Waals surface area contributed by atoms with Crippen LogP contribution >= 0.6 is 0 Å². The second-order valence-corrected chi connectivity index (χ2v) is 6.23. The zero-order chi connectivity index (χ0) is 19.0. The third kappa shape index (κ3) is 3.03. The molecule has 1 aromatic carbocycles. The van der Waals surface area contributed by atoms with Gasteiger partial charge in [-0.15, -0.1) is 0 Å². The van der Waals surface area contributed by atoms with Gasteiger partial charge in [-0.2, -0.15) is 9.97 Å². The lowest BCUT2D eigenvalue weighted by molar-refractivity contribution is -0.137. The minimum Gasteiger partial charge on any atom is -0.480 e. The van der Waals surface area contributed by atoms with Gasteiger partial charge in [-0.25, -0.2) is 9.78 Å². The lowest BCUT2D eigenvalue weighted by Gasteiger charge is -2.15. The van der Waals surface area contributed by atoms with Crippen LogP contribution in [-0.2, 0) is 17.8 Å². The summed E-state index contributed by atoms with van der Waals surface area (Å²) in [5.74, 6) is -0.603. The van der Waals surface area contributed by atoms with Crippen LogP contribution in [0.5, 0.6) is 0 Å². The topological polar surface area (TPSA) is 135 Å². The van der Waals surface area contributed by atoms with Crippen LogP contribution in [0.3, 0.4) is 0 Å². The number of carboxylic acids is 1. The van der Waals surface area contributed by atoms with Gasteiger partial charge < -0.3 is 25.7 Å². The number of hydrogen-bond donors (Lipinski definition) is 4. The first-order chi connectivity index (χ1) is 13.1. The van der Waals surface area contributed by atoms with Crippen LogP contribution in [0.2, 0.25) is 0 Å². The number of nitrogens with two attached hydrogens (primary N) is 1. The minimum atomic E-state index is -0.986. The molecule has 0 radical (unpaired) electrons. The first-order valence-corrected chi connectivity index (χ1v) is 8.59. The predicted molar refractivity (Wildman–Crippen MR) is 102 cm³/mol. The number of rotatable bonds is 6. The van der Waals surface area contributed by atoms with Crippen LogP contribution < -0.4 is 11.1 Å². The molecule has 0 aliphatic carbocycles. The molecule has 5 N–H and O–H groups in total. The lowest BCUT2D eigenvalue weighted by Crippen LogP contribution is -2.32. The Labute approximate surface area is 154 Å². The van der Waals surface area contributed by atoms with E-state index in [1.165, 1.54) is 0 Å². The highest BCUT2D eigenvalue weighted by Gasteiger charge is 2.22. The van der Waals surface area contributed by atoms with Gasteiger partial charge in [0.2, 0.25) is 5.95 Å². The molecule has 4 rings (SSSR count). The van der Waals surface area contributed by atoms with E-state index in [0.29, 0.717) is 23.5 Å². The average molecular weight is 365 g/mol. The Morgan fingerprint density at radius 2 is 2.19 bits per heavy atom. The molecule has 0 aliphatic rings. The highest BCUT2D eigenvalue weighted by Crippen LogP contribution is 2.23. The van der Waals surface area contributed by atoms with Gasteiger partial charge in [0.05, 0.1) is 6.33 Å². The van der Waals surface area contributed by atoms with E-state index in [1.807, 2.05) is 42.0 Å². The zero-order valence-electron chi connectivity index (χ0n) is 14.7. The van der Waals surface area contributed by atoms with Crippen LogP contribution in [0.4, 0.5) is 11.8 Å². The molecule has 0 bridgehead atoms. The van der Waals surface area contributed by atoms with Gasteiger partial charge >= 0.3 is 5.97 Å². The highest BCUT2D eigenvalue weighted by atomic mass is 16.4. The Kier molecular flexibility index (Phi) is 4.11. The summed E-state index contributed by atoms with van der Waals surface area (Å²) in [5, 5.41) is 13.7. The fourth-order valence-corrected chi connectivity index (χ4v) is 3.18. The van der Waals surface area contributed by atoms with Gasteiger partial charge in [-0.1, -0.05) is 18.2 Å². The van der Waals surface area contributed by atoms with Crippen molar-refractivity contribution in [3.8, 4) is 0 Å². The van der Waals surface area contributed by atoms with Crippen molar-refractivity contribution in [2.45, 2.75) is 25.9 Å². The third-order valence-electron chi connectivity index (χ3n) is 4.53. The average Bonchev–Trinajstić information content (AvgIpc) is 3.25. The van der Waals surface area contributed by atoms with E-state index in [1.54, 1.807) is 6.33 Å². The Hall–Kier alpha value is -3.62. The highest BCUT2D eigenvalue weighted by molar-refractivity contribution is 5.88. The zero-order valence-corrected chi connectivity index (χ0v) is 14.7. The fourth-order valence-electron chi connectivity index (χ4n) is 3.18. The molecule has 9 nitrogen and oxygen atoms in total. The number of benzene rings is 1. The molecule has 3 heterocycles. The van der Waals surface area contributed by atoms with Crippen molar-refractivity contribution < 1.29 is 9.90 Å².